The molecule has 26 heavy (non-hydrogen) atoms. The summed E-state index contributed by atoms with van der Waals surface area (Å²) in [6.07, 6.45) is -0.278. The summed E-state index contributed by atoms with van der Waals surface area (Å²) in [7, 11) is 4.06. The number of morpholine rings is 1. The predicted octanol–water partition coefficient (Wildman–Crippen LogP) is 2.37. The number of aromatic nitrogens is 2. The zero-order valence-corrected chi connectivity index (χ0v) is 15.9. The van der Waals surface area contributed by atoms with Gasteiger partial charge in [-0.1, -0.05) is 12.1 Å². The van der Waals surface area contributed by atoms with Crippen LogP contribution in [0.1, 0.15) is 39.2 Å². The number of amides is 1. The van der Waals surface area contributed by atoms with Gasteiger partial charge in [0.15, 0.2) is 5.82 Å². The standard InChI is InChI=1S/C20H26N4O2/c1-14-11-15(2)22-19(21-14)18-13-24(9-10-26-18)20(25)17-7-5-16(6-8-17)12-23(3)4/h5-8,11,18H,9-10,12-13H2,1-4H3/t18-/m1/s1. The molecule has 1 aromatic heterocycles. The number of aryl methyl sites for hydroxylation is 2. The van der Waals surface area contributed by atoms with Crippen LogP contribution in [0.25, 0.3) is 0 Å². The first kappa shape index (κ1) is 18.5. The Kier molecular flexibility index (Phi) is 5.64. The normalized spacial score (nSPS) is 17.6. The Hall–Kier alpha value is -2.31. The summed E-state index contributed by atoms with van der Waals surface area (Å²) in [6, 6.07) is 9.76. The number of nitrogens with zero attached hydrogens (tertiary/aromatic N) is 4. The monoisotopic (exact) mass is 354 g/mol. The molecule has 6 heteroatoms. The van der Waals surface area contributed by atoms with Gasteiger partial charge in [-0.3, -0.25) is 4.79 Å². The van der Waals surface area contributed by atoms with E-state index in [-0.39, 0.29) is 12.0 Å². The molecule has 1 atom stereocenters. The number of benzene rings is 1. The number of hydrogen-bond acceptors (Lipinski definition) is 5. The summed E-state index contributed by atoms with van der Waals surface area (Å²) in [4.78, 5) is 25.8. The highest BCUT2D eigenvalue weighted by atomic mass is 16.5. The molecule has 0 bridgehead atoms. The molecule has 0 radical (unpaired) electrons. The van der Waals surface area contributed by atoms with Gasteiger partial charge < -0.3 is 14.5 Å². The van der Waals surface area contributed by atoms with Crippen LogP contribution in [0.4, 0.5) is 0 Å². The molecule has 1 aliphatic heterocycles. The van der Waals surface area contributed by atoms with Crippen LogP contribution in [0.5, 0.6) is 0 Å². The van der Waals surface area contributed by atoms with Crippen LogP contribution in [0.3, 0.4) is 0 Å². The minimum Gasteiger partial charge on any atom is -0.367 e. The van der Waals surface area contributed by atoms with Crippen molar-refractivity contribution in [3.05, 3.63) is 58.7 Å². The molecule has 138 valence electrons. The van der Waals surface area contributed by atoms with Crippen LogP contribution in [0.2, 0.25) is 0 Å². The maximum absolute atomic E-state index is 12.9. The molecule has 0 saturated carbocycles. The Morgan fingerprint density at radius 2 is 1.85 bits per heavy atom. The molecule has 1 aromatic carbocycles. The molecular formula is C20H26N4O2. The number of ether oxygens (including phenoxy) is 1. The Morgan fingerprint density at radius 1 is 1.19 bits per heavy atom. The van der Waals surface area contributed by atoms with Crippen LogP contribution in [-0.2, 0) is 11.3 Å². The quantitative estimate of drug-likeness (QED) is 0.844. The summed E-state index contributed by atoms with van der Waals surface area (Å²) in [5, 5.41) is 0. The summed E-state index contributed by atoms with van der Waals surface area (Å²) in [5.74, 6) is 0.681. The Bertz CT molecular complexity index is 754. The molecule has 1 saturated heterocycles. The lowest BCUT2D eigenvalue weighted by molar-refractivity contribution is -0.0269. The fourth-order valence-corrected chi connectivity index (χ4v) is 3.19. The first-order chi connectivity index (χ1) is 12.4. The molecule has 3 rings (SSSR count). The van der Waals surface area contributed by atoms with Crippen molar-refractivity contribution in [1.29, 1.82) is 0 Å². The van der Waals surface area contributed by atoms with Crippen molar-refractivity contribution in [2.24, 2.45) is 0 Å². The zero-order valence-electron chi connectivity index (χ0n) is 15.9. The van der Waals surface area contributed by atoms with Gasteiger partial charge in [0.25, 0.3) is 5.91 Å². The lowest BCUT2D eigenvalue weighted by Crippen LogP contribution is -2.42. The third kappa shape index (κ3) is 4.45. The SMILES string of the molecule is Cc1cc(C)nc([C@H]2CN(C(=O)c3ccc(CN(C)C)cc3)CCO2)n1. The van der Waals surface area contributed by atoms with E-state index in [1.54, 1.807) is 0 Å². The molecule has 6 nitrogen and oxygen atoms in total. The van der Waals surface area contributed by atoms with E-state index in [0.717, 1.165) is 17.9 Å². The lowest BCUT2D eigenvalue weighted by Gasteiger charge is -2.32. The van der Waals surface area contributed by atoms with E-state index in [4.69, 9.17) is 4.74 Å². The second-order valence-corrected chi connectivity index (χ2v) is 7.05. The first-order valence-electron chi connectivity index (χ1n) is 8.89. The van der Waals surface area contributed by atoms with Crippen LogP contribution >= 0.6 is 0 Å². The Labute approximate surface area is 154 Å². The van der Waals surface area contributed by atoms with E-state index < -0.39 is 0 Å². The van der Waals surface area contributed by atoms with E-state index in [2.05, 4.69) is 14.9 Å². The molecule has 0 unspecified atom stereocenters. The van der Waals surface area contributed by atoms with Crippen molar-refractivity contribution in [2.45, 2.75) is 26.5 Å². The fourth-order valence-electron chi connectivity index (χ4n) is 3.19. The number of rotatable bonds is 4. The predicted molar refractivity (Wildman–Crippen MR) is 99.9 cm³/mol. The van der Waals surface area contributed by atoms with Crippen LogP contribution in [0.15, 0.2) is 30.3 Å². The van der Waals surface area contributed by atoms with Crippen LogP contribution < -0.4 is 0 Å². The summed E-state index contributed by atoms with van der Waals surface area (Å²) < 4.78 is 5.83. The van der Waals surface area contributed by atoms with Crippen molar-refractivity contribution in [2.75, 3.05) is 33.8 Å². The highest BCUT2D eigenvalue weighted by Crippen LogP contribution is 2.21. The molecule has 0 N–H and O–H groups in total. The van der Waals surface area contributed by atoms with Crippen LogP contribution in [0, 0.1) is 13.8 Å². The minimum absolute atomic E-state index is 0.0269. The van der Waals surface area contributed by atoms with Gasteiger partial charge in [0, 0.05) is 30.0 Å². The van der Waals surface area contributed by atoms with Gasteiger partial charge in [0.05, 0.1) is 13.2 Å². The van der Waals surface area contributed by atoms with Gasteiger partial charge >= 0.3 is 0 Å². The van der Waals surface area contributed by atoms with Crippen molar-refractivity contribution < 1.29 is 9.53 Å². The largest absolute Gasteiger partial charge is 0.367 e. The second-order valence-electron chi connectivity index (χ2n) is 7.05. The topological polar surface area (TPSA) is 58.6 Å². The maximum Gasteiger partial charge on any atom is 0.254 e. The highest BCUT2D eigenvalue weighted by Gasteiger charge is 2.28. The molecule has 1 amide bonds. The van der Waals surface area contributed by atoms with Crippen molar-refractivity contribution in [3.8, 4) is 0 Å². The summed E-state index contributed by atoms with van der Waals surface area (Å²) in [5.41, 5.74) is 3.72. The van der Waals surface area contributed by atoms with Crippen molar-refractivity contribution in [1.82, 2.24) is 19.8 Å². The van der Waals surface area contributed by atoms with Gasteiger partial charge in [0.2, 0.25) is 0 Å². The molecule has 0 spiro atoms. The molecule has 0 aliphatic carbocycles. The summed E-state index contributed by atoms with van der Waals surface area (Å²) in [6.45, 7) is 6.29. The van der Waals surface area contributed by atoms with Crippen LogP contribution in [-0.4, -0.2) is 59.5 Å². The third-order valence-electron chi connectivity index (χ3n) is 4.34. The molecular weight excluding hydrogens is 328 g/mol. The number of carbonyl (C=O) groups excluding carboxylic acids is 1. The van der Waals surface area contributed by atoms with Gasteiger partial charge in [-0.2, -0.15) is 0 Å². The third-order valence-corrected chi connectivity index (χ3v) is 4.34. The average molecular weight is 354 g/mol. The average Bonchev–Trinajstić information content (AvgIpc) is 2.60. The van der Waals surface area contributed by atoms with Gasteiger partial charge in [-0.25, -0.2) is 9.97 Å². The molecule has 1 fully saturated rings. The van der Waals surface area contributed by atoms with Crippen molar-refractivity contribution >= 4 is 5.91 Å². The molecule has 1 aliphatic rings. The first-order valence-corrected chi connectivity index (χ1v) is 8.89. The fraction of sp³-hybridized carbons (Fsp3) is 0.450. The Morgan fingerprint density at radius 3 is 2.46 bits per heavy atom. The summed E-state index contributed by atoms with van der Waals surface area (Å²) >= 11 is 0. The maximum atomic E-state index is 12.9. The Balaban J connectivity index is 1.71. The van der Waals surface area contributed by atoms with E-state index in [9.17, 15) is 4.79 Å². The molecule has 2 aromatic rings. The van der Waals surface area contributed by atoms with Crippen molar-refractivity contribution in [3.63, 3.8) is 0 Å². The van der Waals surface area contributed by atoms with Gasteiger partial charge in [-0.05, 0) is 51.7 Å². The van der Waals surface area contributed by atoms with E-state index in [1.165, 1.54) is 5.56 Å². The zero-order chi connectivity index (χ0) is 18.7. The van der Waals surface area contributed by atoms with Gasteiger partial charge in [0.1, 0.15) is 6.10 Å². The van der Waals surface area contributed by atoms with E-state index in [1.807, 2.05) is 63.2 Å². The lowest BCUT2D eigenvalue weighted by atomic mass is 10.1. The van der Waals surface area contributed by atoms with E-state index in [0.29, 0.717) is 31.1 Å². The smallest absolute Gasteiger partial charge is 0.254 e. The van der Waals surface area contributed by atoms with E-state index >= 15 is 0 Å². The molecule has 2 heterocycles. The van der Waals surface area contributed by atoms with Gasteiger partial charge in [-0.15, -0.1) is 0 Å². The highest BCUT2D eigenvalue weighted by molar-refractivity contribution is 5.94. The number of hydrogen-bond donors (Lipinski definition) is 0. The number of carbonyl (C=O) groups is 1. The second kappa shape index (κ2) is 7.93. The minimum atomic E-state index is -0.278.